The highest BCUT2D eigenvalue weighted by Gasteiger charge is 2.10. The maximum atomic E-state index is 12.6. The number of halogens is 1. The monoisotopic (exact) mass is 225 g/mol. The first kappa shape index (κ1) is 12.8. The largest absolute Gasteiger partial charge is 0.395 e. The Morgan fingerprint density at radius 3 is 2.50 bits per heavy atom. The van der Waals surface area contributed by atoms with Crippen LogP contribution in [0.2, 0.25) is 0 Å². The van der Waals surface area contributed by atoms with Gasteiger partial charge in [0.2, 0.25) is 0 Å². The minimum atomic E-state index is -0.348. The molecule has 0 unspecified atom stereocenters. The van der Waals surface area contributed by atoms with Gasteiger partial charge in [-0.15, -0.1) is 0 Å². The number of rotatable bonds is 6. The highest BCUT2D eigenvalue weighted by Crippen LogP contribution is 2.04. The molecular weight excluding hydrogens is 209 g/mol. The molecule has 1 rings (SSSR count). The summed E-state index contributed by atoms with van der Waals surface area (Å²) in [7, 11) is 0. The van der Waals surface area contributed by atoms with Crippen molar-refractivity contribution in [3.63, 3.8) is 0 Å². The Morgan fingerprint density at radius 1 is 1.38 bits per heavy atom. The minimum Gasteiger partial charge on any atom is -0.395 e. The maximum Gasteiger partial charge on any atom is 0.176 e. The molecular formula is C12H16FNO2. The van der Waals surface area contributed by atoms with E-state index in [9.17, 15) is 9.18 Å². The van der Waals surface area contributed by atoms with Crippen LogP contribution in [0.1, 0.15) is 17.3 Å². The lowest BCUT2D eigenvalue weighted by Gasteiger charge is -2.17. The molecule has 0 saturated carbocycles. The van der Waals surface area contributed by atoms with Gasteiger partial charge in [-0.1, -0.05) is 6.92 Å². The van der Waals surface area contributed by atoms with Crippen LogP contribution in [-0.4, -0.2) is 42.0 Å². The predicted octanol–water partition coefficient (Wildman–Crippen LogP) is 1.32. The summed E-state index contributed by atoms with van der Waals surface area (Å²) in [5.74, 6) is -0.408. The van der Waals surface area contributed by atoms with Crippen molar-refractivity contribution < 1.29 is 14.3 Å². The van der Waals surface area contributed by atoms with Gasteiger partial charge in [-0.2, -0.15) is 0 Å². The van der Waals surface area contributed by atoms with Crippen LogP contribution in [0.5, 0.6) is 0 Å². The Kier molecular flexibility index (Phi) is 5.08. The van der Waals surface area contributed by atoms with E-state index in [-0.39, 0.29) is 24.8 Å². The molecule has 0 saturated heterocycles. The fraction of sp³-hybridized carbons (Fsp3) is 0.417. The second kappa shape index (κ2) is 6.35. The van der Waals surface area contributed by atoms with E-state index in [1.165, 1.54) is 24.3 Å². The number of benzene rings is 1. The number of aliphatic hydroxyl groups is 1. The predicted molar refractivity (Wildman–Crippen MR) is 59.9 cm³/mol. The molecule has 0 radical (unpaired) electrons. The summed E-state index contributed by atoms with van der Waals surface area (Å²) in [5, 5.41) is 8.79. The van der Waals surface area contributed by atoms with Crippen LogP contribution in [0.25, 0.3) is 0 Å². The highest BCUT2D eigenvalue weighted by molar-refractivity contribution is 5.97. The topological polar surface area (TPSA) is 40.5 Å². The van der Waals surface area contributed by atoms with Crippen LogP contribution >= 0.6 is 0 Å². The fourth-order valence-corrected chi connectivity index (χ4v) is 1.42. The maximum absolute atomic E-state index is 12.6. The molecule has 0 aliphatic rings. The van der Waals surface area contributed by atoms with Crippen LogP contribution in [0.15, 0.2) is 24.3 Å². The van der Waals surface area contributed by atoms with Crippen molar-refractivity contribution in [2.75, 3.05) is 26.2 Å². The van der Waals surface area contributed by atoms with E-state index in [1.54, 1.807) is 0 Å². The fourth-order valence-electron chi connectivity index (χ4n) is 1.42. The van der Waals surface area contributed by atoms with Crippen LogP contribution in [0.4, 0.5) is 4.39 Å². The van der Waals surface area contributed by atoms with Crippen molar-refractivity contribution in [3.8, 4) is 0 Å². The summed E-state index contributed by atoms with van der Waals surface area (Å²) in [5.41, 5.74) is 0.498. The normalized spacial score (nSPS) is 10.8. The third kappa shape index (κ3) is 3.72. The number of hydrogen-bond acceptors (Lipinski definition) is 3. The van der Waals surface area contributed by atoms with Crippen LogP contribution < -0.4 is 0 Å². The van der Waals surface area contributed by atoms with Crippen LogP contribution in [-0.2, 0) is 0 Å². The number of nitrogens with zero attached hydrogens (tertiary/aromatic N) is 1. The van der Waals surface area contributed by atoms with Gasteiger partial charge < -0.3 is 5.11 Å². The Balaban J connectivity index is 2.60. The number of hydrogen-bond donors (Lipinski definition) is 1. The lowest BCUT2D eigenvalue weighted by atomic mass is 10.1. The number of carbonyl (C=O) groups is 1. The van der Waals surface area contributed by atoms with E-state index in [1.807, 2.05) is 11.8 Å². The Hall–Kier alpha value is -1.26. The van der Waals surface area contributed by atoms with Gasteiger partial charge in [-0.25, -0.2) is 4.39 Å². The van der Waals surface area contributed by atoms with Crippen LogP contribution in [0, 0.1) is 5.82 Å². The molecule has 0 aliphatic heterocycles. The number of likely N-dealkylation sites (N-methyl/N-ethyl adjacent to an activating group) is 1. The molecule has 0 amide bonds. The molecule has 0 fully saturated rings. The second-order valence-corrected chi connectivity index (χ2v) is 3.52. The molecule has 4 heteroatoms. The molecule has 0 atom stereocenters. The zero-order valence-electron chi connectivity index (χ0n) is 9.32. The van der Waals surface area contributed by atoms with Gasteiger partial charge in [-0.05, 0) is 30.8 Å². The molecule has 0 aromatic heterocycles. The molecule has 3 nitrogen and oxygen atoms in total. The van der Waals surface area contributed by atoms with Gasteiger partial charge in [0.25, 0.3) is 0 Å². The first-order chi connectivity index (χ1) is 7.67. The van der Waals surface area contributed by atoms with E-state index < -0.39 is 0 Å². The Bertz CT molecular complexity index is 337. The molecule has 0 spiro atoms. The molecule has 0 heterocycles. The first-order valence-corrected chi connectivity index (χ1v) is 5.29. The number of Topliss-reactive ketones (excluding diaryl/α,β-unsaturated/α-hetero) is 1. The van der Waals surface area contributed by atoms with Crippen molar-refractivity contribution in [3.05, 3.63) is 35.6 Å². The quantitative estimate of drug-likeness (QED) is 0.742. The lowest BCUT2D eigenvalue weighted by molar-refractivity contribution is 0.0919. The summed E-state index contributed by atoms with van der Waals surface area (Å²) in [6.45, 7) is 3.39. The van der Waals surface area contributed by atoms with Crippen molar-refractivity contribution in [2.24, 2.45) is 0 Å². The summed E-state index contributed by atoms with van der Waals surface area (Å²) in [4.78, 5) is 13.6. The Morgan fingerprint density at radius 2 is 2.00 bits per heavy atom. The molecule has 0 bridgehead atoms. The van der Waals surface area contributed by atoms with Crippen LogP contribution in [0.3, 0.4) is 0 Å². The third-order valence-electron chi connectivity index (χ3n) is 2.40. The highest BCUT2D eigenvalue weighted by atomic mass is 19.1. The molecule has 16 heavy (non-hydrogen) atoms. The molecule has 1 aromatic rings. The smallest absolute Gasteiger partial charge is 0.176 e. The minimum absolute atomic E-state index is 0.0323. The number of aliphatic hydroxyl groups excluding tert-OH is 1. The van der Waals surface area contributed by atoms with Gasteiger partial charge in [0.1, 0.15) is 5.82 Å². The zero-order chi connectivity index (χ0) is 12.0. The van der Waals surface area contributed by atoms with Gasteiger partial charge in [0.05, 0.1) is 13.2 Å². The van der Waals surface area contributed by atoms with Gasteiger partial charge >= 0.3 is 0 Å². The zero-order valence-corrected chi connectivity index (χ0v) is 9.32. The molecule has 1 aromatic carbocycles. The van der Waals surface area contributed by atoms with E-state index in [0.717, 1.165) is 0 Å². The van der Waals surface area contributed by atoms with Crippen molar-refractivity contribution in [1.29, 1.82) is 0 Å². The molecule has 1 N–H and O–H groups in total. The van der Waals surface area contributed by atoms with E-state index in [4.69, 9.17) is 5.11 Å². The lowest BCUT2D eigenvalue weighted by Crippen LogP contribution is -2.32. The van der Waals surface area contributed by atoms with Gasteiger partial charge in [0, 0.05) is 12.1 Å². The van der Waals surface area contributed by atoms with E-state index >= 15 is 0 Å². The third-order valence-corrected chi connectivity index (χ3v) is 2.40. The van der Waals surface area contributed by atoms with Gasteiger partial charge in [-0.3, -0.25) is 9.69 Å². The van der Waals surface area contributed by atoms with Crippen molar-refractivity contribution in [2.45, 2.75) is 6.92 Å². The summed E-state index contributed by atoms with van der Waals surface area (Å²) in [6, 6.07) is 5.50. The summed E-state index contributed by atoms with van der Waals surface area (Å²) in [6.07, 6.45) is 0. The summed E-state index contributed by atoms with van der Waals surface area (Å²) >= 11 is 0. The first-order valence-electron chi connectivity index (χ1n) is 5.29. The average molecular weight is 225 g/mol. The SMILES string of the molecule is CCN(CCO)CC(=O)c1ccc(F)cc1. The standard InChI is InChI=1S/C12H16FNO2/c1-2-14(7-8-15)9-12(16)10-3-5-11(13)6-4-10/h3-6,15H,2,7-9H2,1H3. The van der Waals surface area contributed by atoms with Crippen molar-refractivity contribution >= 4 is 5.78 Å². The van der Waals surface area contributed by atoms with E-state index in [0.29, 0.717) is 18.7 Å². The van der Waals surface area contributed by atoms with Gasteiger partial charge in [0.15, 0.2) is 5.78 Å². The number of ketones is 1. The second-order valence-electron chi connectivity index (χ2n) is 3.52. The average Bonchev–Trinajstić information content (AvgIpc) is 2.29. The Labute approximate surface area is 94.5 Å². The summed E-state index contributed by atoms with van der Waals surface area (Å²) < 4.78 is 12.6. The molecule has 0 aliphatic carbocycles. The van der Waals surface area contributed by atoms with E-state index in [2.05, 4.69) is 0 Å². The molecule has 88 valence electrons. The van der Waals surface area contributed by atoms with Crippen molar-refractivity contribution in [1.82, 2.24) is 4.90 Å². The number of carbonyl (C=O) groups excluding carboxylic acids is 1.